The number of nitrogens with one attached hydrogen (secondary N) is 1. The molecule has 0 radical (unpaired) electrons. The van der Waals surface area contributed by atoms with E-state index in [0.717, 1.165) is 41.1 Å². The number of benzene rings is 1. The molecule has 0 spiro atoms. The molecule has 6 nitrogen and oxygen atoms in total. The van der Waals surface area contributed by atoms with Crippen molar-refractivity contribution in [2.45, 2.75) is 26.8 Å². The molecule has 0 saturated heterocycles. The maximum Gasteiger partial charge on any atom is 0.141 e. The molecule has 0 aliphatic carbocycles. The van der Waals surface area contributed by atoms with Gasteiger partial charge in [-0.15, -0.1) is 0 Å². The molecule has 0 aliphatic heterocycles. The van der Waals surface area contributed by atoms with Crippen molar-refractivity contribution in [2.75, 3.05) is 0 Å². The molecule has 6 heteroatoms. The van der Waals surface area contributed by atoms with Crippen LogP contribution in [0.1, 0.15) is 16.8 Å². The summed E-state index contributed by atoms with van der Waals surface area (Å²) >= 11 is 0. The summed E-state index contributed by atoms with van der Waals surface area (Å²) in [7, 11) is 0. The largest absolute Gasteiger partial charge is 0.346 e. The standard InChI is InChI=1S/C18H18N6/c1-12-3-5-14(6-4-12)8-10-24-22-13(2)16(23-24)17-15-7-9-19-18(15)21-11-20-17/h3-7,9,11H,8,10H2,1-2H3,(H,19,20,21). The zero-order valence-corrected chi connectivity index (χ0v) is 13.7. The molecule has 0 unspecified atom stereocenters. The summed E-state index contributed by atoms with van der Waals surface area (Å²) in [5.41, 5.74) is 5.88. The molecular weight excluding hydrogens is 300 g/mol. The third kappa shape index (κ3) is 2.67. The van der Waals surface area contributed by atoms with E-state index in [-0.39, 0.29) is 0 Å². The smallest absolute Gasteiger partial charge is 0.141 e. The Morgan fingerprint density at radius 3 is 2.62 bits per heavy atom. The normalized spacial score (nSPS) is 11.2. The first-order valence-corrected chi connectivity index (χ1v) is 7.96. The van der Waals surface area contributed by atoms with Crippen molar-refractivity contribution < 1.29 is 0 Å². The zero-order chi connectivity index (χ0) is 16.5. The van der Waals surface area contributed by atoms with Gasteiger partial charge in [0.1, 0.15) is 23.4 Å². The van der Waals surface area contributed by atoms with E-state index in [1.165, 1.54) is 11.1 Å². The minimum atomic E-state index is 0.741. The monoisotopic (exact) mass is 318 g/mol. The van der Waals surface area contributed by atoms with Crippen molar-refractivity contribution in [2.24, 2.45) is 0 Å². The maximum atomic E-state index is 4.64. The highest BCUT2D eigenvalue weighted by molar-refractivity contribution is 5.89. The molecule has 0 amide bonds. The van der Waals surface area contributed by atoms with Crippen LogP contribution in [0.4, 0.5) is 0 Å². The molecular formula is C18H18N6. The molecule has 24 heavy (non-hydrogen) atoms. The summed E-state index contributed by atoms with van der Waals surface area (Å²) < 4.78 is 0. The summed E-state index contributed by atoms with van der Waals surface area (Å²) in [5, 5.41) is 10.2. The molecule has 4 aromatic rings. The lowest BCUT2D eigenvalue weighted by atomic mass is 10.1. The number of hydrogen-bond acceptors (Lipinski definition) is 4. The Hall–Kier alpha value is -3.02. The van der Waals surface area contributed by atoms with Crippen LogP contribution in [-0.2, 0) is 13.0 Å². The van der Waals surface area contributed by atoms with E-state index in [1.54, 1.807) is 11.1 Å². The lowest BCUT2D eigenvalue weighted by Gasteiger charge is -2.02. The highest BCUT2D eigenvalue weighted by atomic mass is 15.5. The number of aryl methyl sites for hydroxylation is 4. The van der Waals surface area contributed by atoms with Gasteiger partial charge in [-0.05, 0) is 31.9 Å². The average Bonchev–Trinajstić information content (AvgIpc) is 3.20. The van der Waals surface area contributed by atoms with Gasteiger partial charge in [0.2, 0.25) is 0 Å². The summed E-state index contributed by atoms with van der Waals surface area (Å²) in [6.07, 6.45) is 4.32. The van der Waals surface area contributed by atoms with E-state index in [9.17, 15) is 0 Å². The molecule has 0 fully saturated rings. The van der Waals surface area contributed by atoms with Crippen LogP contribution in [0.2, 0.25) is 0 Å². The van der Waals surface area contributed by atoms with Gasteiger partial charge in [-0.1, -0.05) is 29.8 Å². The summed E-state index contributed by atoms with van der Waals surface area (Å²) in [6, 6.07) is 10.5. The third-order valence-corrected chi connectivity index (χ3v) is 4.12. The minimum absolute atomic E-state index is 0.741. The second-order valence-corrected chi connectivity index (χ2v) is 5.93. The second kappa shape index (κ2) is 5.88. The molecule has 3 heterocycles. The molecule has 3 aromatic heterocycles. The Morgan fingerprint density at radius 1 is 0.958 bits per heavy atom. The number of hydrogen-bond donors (Lipinski definition) is 1. The predicted molar refractivity (Wildman–Crippen MR) is 92.5 cm³/mol. The van der Waals surface area contributed by atoms with Crippen LogP contribution >= 0.6 is 0 Å². The average molecular weight is 318 g/mol. The van der Waals surface area contributed by atoms with E-state index in [0.29, 0.717) is 0 Å². The zero-order valence-electron chi connectivity index (χ0n) is 13.7. The predicted octanol–water partition coefficient (Wildman–Crippen LogP) is 3.08. The van der Waals surface area contributed by atoms with Crippen molar-refractivity contribution >= 4 is 11.0 Å². The highest BCUT2D eigenvalue weighted by Crippen LogP contribution is 2.24. The Morgan fingerprint density at radius 2 is 1.79 bits per heavy atom. The van der Waals surface area contributed by atoms with Crippen LogP contribution in [0, 0.1) is 13.8 Å². The number of rotatable bonds is 4. The van der Waals surface area contributed by atoms with E-state index < -0.39 is 0 Å². The highest BCUT2D eigenvalue weighted by Gasteiger charge is 2.14. The van der Waals surface area contributed by atoms with Gasteiger partial charge in [-0.2, -0.15) is 15.0 Å². The first-order valence-electron chi connectivity index (χ1n) is 7.96. The Balaban J connectivity index is 1.60. The van der Waals surface area contributed by atoms with Gasteiger partial charge in [0.05, 0.1) is 12.2 Å². The van der Waals surface area contributed by atoms with Crippen molar-refractivity contribution in [3.8, 4) is 11.4 Å². The summed E-state index contributed by atoms with van der Waals surface area (Å²) in [4.78, 5) is 13.5. The number of nitrogens with zero attached hydrogens (tertiary/aromatic N) is 5. The molecule has 0 bridgehead atoms. The number of aromatic nitrogens is 6. The minimum Gasteiger partial charge on any atom is -0.346 e. The number of fused-ring (bicyclic) bond motifs is 1. The van der Waals surface area contributed by atoms with Crippen molar-refractivity contribution in [1.82, 2.24) is 29.9 Å². The number of aromatic amines is 1. The molecule has 4 rings (SSSR count). The molecule has 1 aromatic carbocycles. The number of H-pyrrole nitrogens is 1. The maximum absolute atomic E-state index is 4.64. The summed E-state index contributed by atoms with van der Waals surface area (Å²) in [5.74, 6) is 0. The topological polar surface area (TPSA) is 72.3 Å². The second-order valence-electron chi connectivity index (χ2n) is 5.93. The van der Waals surface area contributed by atoms with E-state index >= 15 is 0 Å². The van der Waals surface area contributed by atoms with Gasteiger partial charge in [0.25, 0.3) is 0 Å². The Bertz CT molecular complexity index is 980. The van der Waals surface area contributed by atoms with Crippen LogP contribution in [0.15, 0.2) is 42.9 Å². The van der Waals surface area contributed by atoms with Crippen LogP contribution < -0.4 is 0 Å². The fourth-order valence-corrected chi connectivity index (χ4v) is 2.79. The van der Waals surface area contributed by atoms with Gasteiger partial charge in [-0.3, -0.25) is 0 Å². The first-order chi connectivity index (χ1) is 11.7. The molecule has 0 aliphatic rings. The van der Waals surface area contributed by atoms with Gasteiger partial charge in [0, 0.05) is 11.6 Å². The molecule has 1 N–H and O–H groups in total. The van der Waals surface area contributed by atoms with E-state index in [2.05, 4.69) is 56.3 Å². The van der Waals surface area contributed by atoms with E-state index in [4.69, 9.17) is 0 Å². The van der Waals surface area contributed by atoms with Crippen molar-refractivity contribution in [3.63, 3.8) is 0 Å². The van der Waals surface area contributed by atoms with Gasteiger partial charge in [0.15, 0.2) is 0 Å². The third-order valence-electron chi connectivity index (χ3n) is 4.12. The lowest BCUT2D eigenvalue weighted by molar-refractivity contribution is 0.535. The van der Waals surface area contributed by atoms with Crippen LogP contribution in [0.5, 0.6) is 0 Å². The van der Waals surface area contributed by atoms with Crippen LogP contribution in [-0.4, -0.2) is 29.9 Å². The molecule has 0 atom stereocenters. The fraction of sp³-hybridized carbons (Fsp3) is 0.222. The molecule has 120 valence electrons. The van der Waals surface area contributed by atoms with Gasteiger partial charge >= 0.3 is 0 Å². The van der Waals surface area contributed by atoms with E-state index in [1.807, 2.05) is 19.2 Å². The van der Waals surface area contributed by atoms with Crippen molar-refractivity contribution in [3.05, 3.63) is 59.7 Å². The van der Waals surface area contributed by atoms with Crippen LogP contribution in [0.3, 0.4) is 0 Å². The Labute approximate surface area is 139 Å². The van der Waals surface area contributed by atoms with Crippen LogP contribution in [0.25, 0.3) is 22.4 Å². The molecule has 0 saturated carbocycles. The first kappa shape index (κ1) is 14.6. The fourth-order valence-electron chi connectivity index (χ4n) is 2.79. The lowest BCUT2D eigenvalue weighted by Crippen LogP contribution is -2.05. The van der Waals surface area contributed by atoms with Gasteiger partial charge < -0.3 is 4.98 Å². The van der Waals surface area contributed by atoms with Crippen molar-refractivity contribution in [1.29, 1.82) is 0 Å². The Kier molecular flexibility index (Phi) is 3.57. The van der Waals surface area contributed by atoms with Gasteiger partial charge in [-0.25, -0.2) is 9.97 Å². The SMILES string of the molecule is Cc1ccc(CCn2nc(C)c(-c3ncnc4[nH]ccc34)n2)cc1. The summed E-state index contributed by atoms with van der Waals surface area (Å²) in [6.45, 7) is 4.80. The quantitative estimate of drug-likeness (QED) is 0.627.